The van der Waals surface area contributed by atoms with Crippen molar-refractivity contribution in [1.82, 2.24) is 26.2 Å². The largest absolute Gasteiger partial charge is 0.497 e. The summed E-state index contributed by atoms with van der Waals surface area (Å²) in [4.78, 5) is 63.3. The highest BCUT2D eigenvalue weighted by Gasteiger charge is 2.49. The van der Waals surface area contributed by atoms with Gasteiger partial charge in [-0.25, -0.2) is 9.59 Å². The number of methoxy groups -OCH3 is 1. The van der Waals surface area contributed by atoms with Crippen LogP contribution in [0.15, 0.2) is 36.4 Å². The third kappa shape index (κ3) is 4.02. The number of carbonyl (C=O) groups is 5. The minimum Gasteiger partial charge on any atom is -0.497 e. The van der Waals surface area contributed by atoms with Crippen LogP contribution in [0.2, 0.25) is 0 Å². The second kappa shape index (κ2) is 8.99. The zero-order valence-corrected chi connectivity index (χ0v) is 19.6. The molecule has 186 valence electrons. The van der Waals surface area contributed by atoms with E-state index in [9.17, 15) is 24.0 Å². The van der Waals surface area contributed by atoms with Crippen LogP contribution in [0.4, 0.5) is 9.59 Å². The minimum atomic E-state index is -1.12. The van der Waals surface area contributed by atoms with E-state index >= 15 is 0 Å². The third-order valence-corrected chi connectivity index (χ3v) is 6.86. The molecule has 1 aliphatic carbocycles. The number of nitrogens with one attached hydrogen (secondary N) is 4. The third-order valence-electron chi connectivity index (χ3n) is 6.86. The van der Waals surface area contributed by atoms with E-state index in [1.165, 1.54) is 13.2 Å². The molecule has 2 aromatic carbocycles. The van der Waals surface area contributed by atoms with Gasteiger partial charge in [0.15, 0.2) is 0 Å². The zero-order valence-electron chi connectivity index (χ0n) is 19.6. The molecule has 7 amide bonds. The lowest BCUT2D eigenvalue weighted by Gasteiger charge is -2.33. The average molecular weight is 492 g/mol. The van der Waals surface area contributed by atoms with E-state index in [0.717, 1.165) is 11.1 Å². The molecule has 5 rings (SSSR count). The van der Waals surface area contributed by atoms with E-state index in [2.05, 4.69) is 21.3 Å². The number of fused-ring (bicyclic) bond motifs is 3. The van der Waals surface area contributed by atoms with E-state index in [1.807, 2.05) is 6.07 Å². The van der Waals surface area contributed by atoms with Crippen LogP contribution in [0.3, 0.4) is 0 Å². The molecule has 3 aliphatic rings. The van der Waals surface area contributed by atoms with Gasteiger partial charge in [-0.3, -0.25) is 25.0 Å². The highest BCUT2D eigenvalue weighted by molar-refractivity contribution is 6.08. The summed E-state index contributed by atoms with van der Waals surface area (Å²) in [6.07, 6.45) is 1.79. The van der Waals surface area contributed by atoms with Gasteiger partial charge in [-0.1, -0.05) is 12.1 Å². The lowest BCUT2D eigenvalue weighted by molar-refractivity contribution is -0.124. The fraction of sp³-hybridized carbons (Fsp3) is 0.320. The van der Waals surface area contributed by atoms with Gasteiger partial charge in [-0.15, -0.1) is 0 Å². The Balaban J connectivity index is 1.16. The summed E-state index contributed by atoms with van der Waals surface area (Å²) in [5, 5.41) is 9.90. The average Bonchev–Trinajstić information content (AvgIpc) is 3.33. The molecule has 0 unspecified atom stereocenters. The van der Waals surface area contributed by atoms with Crippen molar-refractivity contribution in [3.05, 3.63) is 64.2 Å². The maximum absolute atomic E-state index is 12.7. The van der Waals surface area contributed by atoms with Crippen molar-refractivity contribution in [3.63, 3.8) is 0 Å². The van der Waals surface area contributed by atoms with Gasteiger partial charge in [0, 0.05) is 30.8 Å². The van der Waals surface area contributed by atoms with Gasteiger partial charge in [0.05, 0.1) is 7.11 Å². The molecule has 11 nitrogen and oxygen atoms in total. The quantitative estimate of drug-likeness (QED) is 0.462. The van der Waals surface area contributed by atoms with Gasteiger partial charge in [-0.05, 0) is 60.2 Å². The Morgan fingerprint density at radius 2 is 1.94 bits per heavy atom. The molecule has 4 N–H and O–H groups in total. The van der Waals surface area contributed by atoms with Crippen LogP contribution in [0.5, 0.6) is 5.75 Å². The Morgan fingerprint density at radius 1 is 1.11 bits per heavy atom. The molecule has 0 saturated carbocycles. The Bertz CT molecular complexity index is 1310. The van der Waals surface area contributed by atoms with Gasteiger partial charge >= 0.3 is 12.1 Å². The number of urea groups is 2. The van der Waals surface area contributed by atoms with Crippen molar-refractivity contribution >= 4 is 29.8 Å². The Kier molecular flexibility index (Phi) is 5.83. The SMILES string of the molecule is COc1ccc2c(c1)C(=O)N(CCNC(=O)NC(=O)c1ccc3c(c1)CCC[C@]31NC(=O)NC1=O)C2. The molecule has 1 spiro atoms. The van der Waals surface area contributed by atoms with Crippen molar-refractivity contribution in [3.8, 4) is 5.75 Å². The van der Waals surface area contributed by atoms with E-state index in [-0.39, 0.29) is 24.6 Å². The number of hydrogen-bond donors (Lipinski definition) is 4. The van der Waals surface area contributed by atoms with Gasteiger partial charge in [-0.2, -0.15) is 0 Å². The number of rotatable bonds is 5. The number of imide groups is 2. The molecular formula is C25H25N5O6. The van der Waals surface area contributed by atoms with Crippen molar-refractivity contribution < 1.29 is 28.7 Å². The molecule has 0 aromatic heterocycles. The molecule has 1 atom stereocenters. The molecular weight excluding hydrogens is 466 g/mol. The zero-order chi connectivity index (χ0) is 25.4. The second-order valence-corrected chi connectivity index (χ2v) is 9.00. The summed E-state index contributed by atoms with van der Waals surface area (Å²) in [5.41, 5.74) is 2.06. The lowest BCUT2D eigenvalue weighted by atomic mass is 9.76. The summed E-state index contributed by atoms with van der Waals surface area (Å²) in [6, 6.07) is 8.95. The topological polar surface area (TPSA) is 146 Å². The number of carbonyl (C=O) groups excluding carboxylic acids is 5. The van der Waals surface area contributed by atoms with Gasteiger partial charge in [0.2, 0.25) is 0 Å². The number of aryl methyl sites for hydroxylation is 1. The fourth-order valence-corrected chi connectivity index (χ4v) is 5.07. The highest BCUT2D eigenvalue weighted by atomic mass is 16.5. The van der Waals surface area contributed by atoms with E-state index in [0.29, 0.717) is 42.7 Å². The molecule has 0 bridgehead atoms. The summed E-state index contributed by atoms with van der Waals surface area (Å²) in [5.74, 6) is -0.523. The van der Waals surface area contributed by atoms with E-state index < -0.39 is 29.4 Å². The lowest BCUT2D eigenvalue weighted by Crippen LogP contribution is -2.46. The molecule has 2 aliphatic heterocycles. The van der Waals surface area contributed by atoms with Crippen molar-refractivity contribution in [2.24, 2.45) is 0 Å². The Hall–Kier alpha value is -4.41. The van der Waals surface area contributed by atoms with Gasteiger partial charge in [0.1, 0.15) is 11.3 Å². The number of amides is 7. The van der Waals surface area contributed by atoms with Gasteiger partial charge < -0.3 is 20.3 Å². The first-order valence-corrected chi connectivity index (χ1v) is 11.6. The van der Waals surface area contributed by atoms with E-state index in [4.69, 9.17) is 4.74 Å². The molecule has 1 fully saturated rings. The first kappa shape index (κ1) is 23.3. The smallest absolute Gasteiger partial charge is 0.322 e. The summed E-state index contributed by atoms with van der Waals surface area (Å²) < 4.78 is 5.17. The second-order valence-electron chi connectivity index (χ2n) is 9.00. The Labute approximate surface area is 206 Å². The normalized spacial score (nSPS) is 19.9. The van der Waals surface area contributed by atoms with Crippen LogP contribution < -0.4 is 26.0 Å². The predicted octanol–water partition coefficient (Wildman–Crippen LogP) is 1.16. The van der Waals surface area contributed by atoms with Crippen LogP contribution in [-0.2, 0) is 23.3 Å². The van der Waals surface area contributed by atoms with Crippen molar-refractivity contribution in [2.45, 2.75) is 31.3 Å². The maximum Gasteiger partial charge on any atom is 0.322 e. The monoisotopic (exact) mass is 491 g/mol. The first-order valence-electron chi connectivity index (χ1n) is 11.6. The fourth-order valence-electron chi connectivity index (χ4n) is 5.07. The number of ether oxygens (including phenoxy) is 1. The first-order chi connectivity index (χ1) is 17.3. The van der Waals surface area contributed by atoms with Crippen molar-refractivity contribution in [2.75, 3.05) is 20.2 Å². The van der Waals surface area contributed by atoms with Crippen molar-refractivity contribution in [1.29, 1.82) is 0 Å². The van der Waals surface area contributed by atoms with E-state index in [1.54, 1.807) is 29.2 Å². The molecule has 2 heterocycles. The predicted molar refractivity (Wildman–Crippen MR) is 126 cm³/mol. The standard InChI is InChI=1S/C25H25N5O6/c1-36-17-6-4-16-13-30(21(32)18(16)12-17)10-9-26-23(34)27-20(31)15-5-7-19-14(11-15)3-2-8-25(19)22(33)28-24(35)29-25/h4-7,11-12H,2-3,8-10,13H2,1H3,(H2,26,27,31,34)(H2,28,29,33,35)/t25-/m0/s1. The summed E-state index contributed by atoms with van der Waals surface area (Å²) in [6.45, 7) is 0.888. The number of hydrogen-bond acceptors (Lipinski definition) is 6. The Morgan fingerprint density at radius 3 is 2.69 bits per heavy atom. The number of benzene rings is 2. The summed E-state index contributed by atoms with van der Waals surface area (Å²) in [7, 11) is 1.54. The van der Waals surface area contributed by atoms with Crippen LogP contribution in [0.1, 0.15) is 50.2 Å². The molecule has 2 aromatic rings. The van der Waals surface area contributed by atoms with Crippen LogP contribution in [0, 0.1) is 0 Å². The molecule has 0 radical (unpaired) electrons. The molecule has 11 heteroatoms. The highest BCUT2D eigenvalue weighted by Crippen LogP contribution is 2.38. The minimum absolute atomic E-state index is 0.138. The summed E-state index contributed by atoms with van der Waals surface area (Å²) >= 11 is 0. The molecule has 1 saturated heterocycles. The maximum atomic E-state index is 12.7. The number of nitrogens with zero attached hydrogens (tertiary/aromatic N) is 1. The van der Waals surface area contributed by atoms with Crippen LogP contribution >= 0.6 is 0 Å². The molecule has 36 heavy (non-hydrogen) atoms. The van der Waals surface area contributed by atoms with Crippen LogP contribution in [-0.4, -0.2) is 54.9 Å². The van der Waals surface area contributed by atoms with Gasteiger partial charge in [0.25, 0.3) is 17.7 Å². The van der Waals surface area contributed by atoms with Crippen LogP contribution in [0.25, 0.3) is 0 Å².